The molecular formula is C26H31N2O+. The molecule has 3 heteroatoms. The number of aromatic nitrogens is 2. The van der Waals surface area contributed by atoms with Crippen molar-refractivity contribution in [1.29, 1.82) is 0 Å². The van der Waals surface area contributed by atoms with E-state index in [4.69, 9.17) is 9.40 Å². The number of hydrogen-bond donors (Lipinski definition) is 0. The highest BCUT2D eigenvalue weighted by atomic mass is 16.3. The zero-order chi connectivity index (χ0) is 20.7. The highest BCUT2D eigenvalue weighted by molar-refractivity contribution is 6.08. The average Bonchev–Trinajstić information content (AvgIpc) is 3.07. The molecule has 0 atom stereocenters. The monoisotopic (exact) mass is 387 g/mol. The third-order valence-corrected chi connectivity index (χ3v) is 6.20. The molecule has 4 aromatic rings. The van der Waals surface area contributed by atoms with Crippen LogP contribution in [0.3, 0.4) is 0 Å². The zero-order valence-electron chi connectivity index (χ0n) is 18.4. The van der Waals surface area contributed by atoms with E-state index < -0.39 is 0 Å². The Kier molecular flexibility index (Phi) is 5.16. The van der Waals surface area contributed by atoms with Crippen LogP contribution in [0.4, 0.5) is 0 Å². The van der Waals surface area contributed by atoms with Gasteiger partial charge in [-0.2, -0.15) is 0 Å². The molecule has 4 rings (SSSR count). The van der Waals surface area contributed by atoms with Crippen LogP contribution in [-0.4, -0.2) is 4.98 Å². The van der Waals surface area contributed by atoms with Crippen LogP contribution in [0.25, 0.3) is 33.3 Å². The number of benzene rings is 1. The van der Waals surface area contributed by atoms with E-state index in [-0.39, 0.29) is 0 Å². The lowest BCUT2D eigenvalue weighted by Gasteiger charge is -2.12. The number of pyridine rings is 2. The quantitative estimate of drug-likeness (QED) is 0.352. The smallest absolute Gasteiger partial charge is 0.227 e. The summed E-state index contributed by atoms with van der Waals surface area (Å²) in [6.07, 6.45) is 4.61. The molecule has 3 heterocycles. The molecule has 0 unspecified atom stereocenters. The molecule has 0 N–H and O–H groups in total. The van der Waals surface area contributed by atoms with Gasteiger partial charge in [0.2, 0.25) is 11.4 Å². The Hall–Kier alpha value is -2.68. The molecule has 0 aliphatic carbocycles. The molecule has 150 valence electrons. The molecule has 0 aliphatic heterocycles. The topological polar surface area (TPSA) is 29.9 Å². The minimum Gasteiger partial charge on any atom is -0.437 e. The van der Waals surface area contributed by atoms with Gasteiger partial charge in [-0.15, -0.1) is 0 Å². The van der Waals surface area contributed by atoms with Crippen LogP contribution in [0.2, 0.25) is 0 Å². The summed E-state index contributed by atoms with van der Waals surface area (Å²) < 4.78 is 8.61. The van der Waals surface area contributed by atoms with Crippen LogP contribution in [0.5, 0.6) is 0 Å². The summed E-state index contributed by atoms with van der Waals surface area (Å²) in [6, 6.07) is 13.1. The summed E-state index contributed by atoms with van der Waals surface area (Å²) in [5, 5.41) is 2.22. The number of rotatable bonds is 5. The Balaban J connectivity index is 1.93. The van der Waals surface area contributed by atoms with E-state index in [0.717, 1.165) is 46.2 Å². The molecule has 0 amide bonds. The molecule has 0 bridgehead atoms. The second kappa shape index (κ2) is 7.62. The molecule has 29 heavy (non-hydrogen) atoms. The Morgan fingerprint density at radius 3 is 2.34 bits per heavy atom. The van der Waals surface area contributed by atoms with Crippen molar-refractivity contribution in [3.8, 4) is 11.3 Å². The van der Waals surface area contributed by atoms with Crippen LogP contribution in [-0.2, 0) is 7.05 Å². The first-order valence-corrected chi connectivity index (χ1v) is 10.8. The summed E-state index contributed by atoms with van der Waals surface area (Å²) >= 11 is 0. The van der Waals surface area contributed by atoms with Crippen LogP contribution < -0.4 is 4.57 Å². The van der Waals surface area contributed by atoms with Gasteiger partial charge in [0.05, 0.1) is 5.56 Å². The first kappa shape index (κ1) is 19.6. The van der Waals surface area contributed by atoms with Crippen LogP contribution >= 0.6 is 0 Å². The van der Waals surface area contributed by atoms with Crippen molar-refractivity contribution in [3.63, 3.8) is 0 Å². The van der Waals surface area contributed by atoms with E-state index in [1.54, 1.807) is 0 Å². The van der Waals surface area contributed by atoms with Gasteiger partial charge in [-0.25, -0.2) is 9.55 Å². The number of fused-ring (bicyclic) bond motifs is 3. The van der Waals surface area contributed by atoms with E-state index >= 15 is 0 Å². The van der Waals surface area contributed by atoms with Crippen molar-refractivity contribution in [3.05, 3.63) is 59.4 Å². The summed E-state index contributed by atoms with van der Waals surface area (Å²) in [5.74, 6) is 0.987. The molecule has 0 aliphatic rings. The van der Waals surface area contributed by atoms with Gasteiger partial charge < -0.3 is 4.42 Å². The van der Waals surface area contributed by atoms with Gasteiger partial charge in [-0.1, -0.05) is 39.8 Å². The Morgan fingerprint density at radius 1 is 0.966 bits per heavy atom. The lowest BCUT2D eigenvalue weighted by atomic mass is 9.94. The predicted molar refractivity (Wildman–Crippen MR) is 120 cm³/mol. The fourth-order valence-corrected chi connectivity index (χ4v) is 4.36. The fraction of sp³-hybridized carbons (Fsp3) is 0.385. The van der Waals surface area contributed by atoms with Crippen LogP contribution in [0.1, 0.15) is 69.2 Å². The minimum absolute atomic E-state index is 0.379. The van der Waals surface area contributed by atoms with Gasteiger partial charge in [0.15, 0.2) is 11.8 Å². The van der Waals surface area contributed by atoms with Crippen molar-refractivity contribution < 1.29 is 8.98 Å². The number of furan rings is 1. The minimum atomic E-state index is 0.379. The van der Waals surface area contributed by atoms with E-state index in [0.29, 0.717) is 11.8 Å². The highest BCUT2D eigenvalue weighted by Crippen LogP contribution is 2.37. The highest BCUT2D eigenvalue weighted by Gasteiger charge is 2.22. The van der Waals surface area contributed by atoms with Crippen LogP contribution in [0, 0.1) is 6.92 Å². The first-order valence-electron chi connectivity index (χ1n) is 10.8. The molecule has 0 spiro atoms. The van der Waals surface area contributed by atoms with Gasteiger partial charge in [-0.05, 0) is 55.4 Å². The molecule has 3 aromatic heterocycles. The maximum atomic E-state index is 6.36. The van der Waals surface area contributed by atoms with Gasteiger partial charge in [0, 0.05) is 28.1 Å². The standard InChI is InChI=1S/C26H31N2O/c1-7-18(8-2)19-10-14-23(28(6)15-19)24-17(5)9-11-20-21-12-13-22(16(3)4)27-26(21)29-25(20)24/h9-16,18H,7-8H2,1-6H3/q+1. The van der Waals surface area contributed by atoms with Crippen molar-refractivity contribution in [2.45, 2.75) is 59.3 Å². The maximum Gasteiger partial charge on any atom is 0.227 e. The lowest BCUT2D eigenvalue weighted by Crippen LogP contribution is -2.31. The third kappa shape index (κ3) is 3.33. The predicted octanol–water partition coefficient (Wildman–Crippen LogP) is 6.81. The normalized spacial score (nSPS) is 12.0. The Morgan fingerprint density at radius 2 is 1.69 bits per heavy atom. The van der Waals surface area contributed by atoms with Gasteiger partial charge in [-0.3, -0.25) is 0 Å². The second-order valence-electron chi connectivity index (χ2n) is 8.45. The Bertz CT molecular complexity index is 1180. The Labute approximate surface area is 173 Å². The van der Waals surface area contributed by atoms with Crippen molar-refractivity contribution in [1.82, 2.24) is 4.98 Å². The van der Waals surface area contributed by atoms with Crippen molar-refractivity contribution >= 4 is 22.1 Å². The molecule has 0 fully saturated rings. The first-order chi connectivity index (χ1) is 13.9. The fourth-order valence-electron chi connectivity index (χ4n) is 4.36. The van der Waals surface area contributed by atoms with Gasteiger partial charge in [0.25, 0.3) is 0 Å². The third-order valence-electron chi connectivity index (χ3n) is 6.20. The van der Waals surface area contributed by atoms with Gasteiger partial charge >= 0.3 is 0 Å². The zero-order valence-corrected chi connectivity index (χ0v) is 18.4. The summed E-state index contributed by atoms with van der Waals surface area (Å²) in [7, 11) is 2.14. The average molecular weight is 388 g/mol. The summed E-state index contributed by atoms with van der Waals surface area (Å²) in [6.45, 7) is 11.0. The van der Waals surface area contributed by atoms with E-state index in [1.165, 1.54) is 16.8 Å². The van der Waals surface area contributed by atoms with E-state index in [2.05, 4.69) is 88.8 Å². The molecule has 0 saturated carbocycles. The van der Waals surface area contributed by atoms with E-state index in [1.807, 2.05) is 0 Å². The molecule has 0 saturated heterocycles. The van der Waals surface area contributed by atoms with E-state index in [9.17, 15) is 0 Å². The largest absolute Gasteiger partial charge is 0.437 e. The summed E-state index contributed by atoms with van der Waals surface area (Å²) in [5.41, 5.74) is 7.67. The molecular weight excluding hydrogens is 356 g/mol. The number of hydrogen-bond acceptors (Lipinski definition) is 2. The lowest BCUT2D eigenvalue weighted by molar-refractivity contribution is -0.660. The molecule has 0 radical (unpaired) electrons. The molecule has 3 nitrogen and oxygen atoms in total. The van der Waals surface area contributed by atoms with Crippen molar-refractivity contribution in [2.75, 3.05) is 0 Å². The summed E-state index contributed by atoms with van der Waals surface area (Å²) in [4.78, 5) is 4.78. The second-order valence-corrected chi connectivity index (χ2v) is 8.45. The SMILES string of the molecule is CCC(CC)c1ccc(-c2c(C)ccc3c2oc2nc(C(C)C)ccc23)[n+](C)c1. The van der Waals surface area contributed by atoms with Crippen LogP contribution in [0.15, 0.2) is 47.0 Å². The molecule has 1 aromatic carbocycles. The van der Waals surface area contributed by atoms with Crippen molar-refractivity contribution in [2.24, 2.45) is 7.05 Å². The number of nitrogens with zero attached hydrogens (tertiary/aromatic N) is 2. The maximum absolute atomic E-state index is 6.36. The van der Waals surface area contributed by atoms with Gasteiger partial charge in [0.1, 0.15) is 7.05 Å². The number of aryl methyl sites for hydroxylation is 2.